The summed E-state index contributed by atoms with van der Waals surface area (Å²) >= 11 is 1.58. The van der Waals surface area contributed by atoms with Crippen LogP contribution in [-0.4, -0.2) is 16.3 Å². The summed E-state index contributed by atoms with van der Waals surface area (Å²) in [6, 6.07) is 17.0. The number of carbonyl (C=O) groups is 1. The second-order valence-corrected chi connectivity index (χ2v) is 9.86. The Kier molecular flexibility index (Phi) is 7.05. The van der Waals surface area contributed by atoms with Gasteiger partial charge in [0.2, 0.25) is 5.91 Å². The fourth-order valence-corrected chi connectivity index (χ4v) is 5.55. The fraction of sp³-hybridized carbons (Fsp3) is 0.296. The topological polar surface area (TPSA) is 32.3 Å². The summed E-state index contributed by atoms with van der Waals surface area (Å²) in [5.74, 6) is -0.193. The highest BCUT2D eigenvalue weighted by Crippen LogP contribution is 2.37. The lowest BCUT2D eigenvalue weighted by Gasteiger charge is -2.35. The zero-order valence-electron chi connectivity index (χ0n) is 19.4. The van der Waals surface area contributed by atoms with Crippen LogP contribution in [0, 0.1) is 20.8 Å². The van der Waals surface area contributed by atoms with Crippen LogP contribution in [0.3, 0.4) is 0 Å². The maximum absolute atomic E-state index is 13.3. The van der Waals surface area contributed by atoms with Gasteiger partial charge in [-0.1, -0.05) is 54.1 Å². The predicted octanol–water partition coefficient (Wildman–Crippen LogP) is 6.38. The molecule has 1 unspecified atom stereocenters. The number of nitrogens with zero attached hydrogens (tertiary/aromatic N) is 1. The number of fused-ring (bicyclic) bond motifs is 1. The number of halogens is 3. The van der Waals surface area contributed by atoms with E-state index in [1.54, 1.807) is 18.0 Å². The standard InChI is InChI=1S/C27H27F3N2OS/c1-17-11-18(2)25(19(3)12-17)34-32-16-22-9-5-4-8-21(22)14-24(32)26(33)31-15-20-7-6-10-23(13-20)27(28,29)30/h4-13,24H,14-16H2,1-3H3,(H,31,33). The Hall–Kier alpha value is -2.77. The van der Waals surface area contributed by atoms with E-state index >= 15 is 0 Å². The highest BCUT2D eigenvalue weighted by atomic mass is 32.2. The van der Waals surface area contributed by atoms with Gasteiger partial charge in [-0.2, -0.15) is 13.2 Å². The maximum Gasteiger partial charge on any atom is 0.416 e. The molecule has 178 valence electrons. The van der Waals surface area contributed by atoms with Gasteiger partial charge in [0, 0.05) is 18.0 Å². The SMILES string of the molecule is Cc1cc(C)c(SN2Cc3ccccc3CC2C(=O)NCc2cccc(C(F)(F)F)c2)c(C)c1. The van der Waals surface area contributed by atoms with E-state index in [2.05, 4.69) is 48.6 Å². The third-order valence-corrected chi connectivity index (χ3v) is 7.49. The Balaban J connectivity index is 1.56. The molecular weight excluding hydrogens is 457 g/mol. The predicted molar refractivity (Wildman–Crippen MR) is 129 cm³/mol. The molecule has 1 atom stereocenters. The van der Waals surface area contributed by atoms with E-state index < -0.39 is 17.8 Å². The first kappa shape index (κ1) is 24.4. The molecule has 34 heavy (non-hydrogen) atoms. The van der Waals surface area contributed by atoms with Crippen molar-refractivity contribution in [3.8, 4) is 0 Å². The third kappa shape index (κ3) is 5.47. The zero-order valence-corrected chi connectivity index (χ0v) is 20.2. The molecule has 4 rings (SSSR count). The largest absolute Gasteiger partial charge is 0.416 e. The summed E-state index contributed by atoms with van der Waals surface area (Å²) < 4.78 is 41.2. The molecule has 0 fully saturated rings. The minimum absolute atomic E-state index is 0.0436. The van der Waals surface area contributed by atoms with Crippen molar-refractivity contribution in [1.82, 2.24) is 9.62 Å². The van der Waals surface area contributed by atoms with Gasteiger partial charge in [0.25, 0.3) is 0 Å². The highest BCUT2D eigenvalue weighted by Gasteiger charge is 2.33. The maximum atomic E-state index is 13.3. The van der Waals surface area contributed by atoms with E-state index in [1.807, 2.05) is 18.2 Å². The highest BCUT2D eigenvalue weighted by molar-refractivity contribution is 7.97. The molecule has 0 saturated carbocycles. The first-order chi connectivity index (χ1) is 16.1. The number of hydrogen-bond donors (Lipinski definition) is 1. The summed E-state index contributed by atoms with van der Waals surface area (Å²) in [5.41, 5.74) is 5.51. The molecule has 0 bridgehead atoms. The van der Waals surface area contributed by atoms with Crippen molar-refractivity contribution in [3.05, 3.63) is 99.6 Å². The van der Waals surface area contributed by atoms with Crippen LogP contribution in [0.5, 0.6) is 0 Å². The molecule has 0 aromatic heterocycles. The number of benzene rings is 3. The van der Waals surface area contributed by atoms with Crippen molar-refractivity contribution in [2.24, 2.45) is 0 Å². The van der Waals surface area contributed by atoms with Gasteiger partial charge >= 0.3 is 6.18 Å². The van der Waals surface area contributed by atoms with Crippen LogP contribution in [-0.2, 0) is 30.5 Å². The molecule has 0 radical (unpaired) electrons. The van der Waals surface area contributed by atoms with Crippen LogP contribution in [0.25, 0.3) is 0 Å². The van der Waals surface area contributed by atoms with E-state index in [1.165, 1.54) is 17.2 Å². The smallest absolute Gasteiger partial charge is 0.351 e. The molecule has 0 saturated heterocycles. The lowest BCUT2D eigenvalue weighted by molar-refractivity contribution is -0.137. The Labute approximate surface area is 202 Å². The first-order valence-electron chi connectivity index (χ1n) is 11.1. The first-order valence-corrected chi connectivity index (χ1v) is 11.9. The molecule has 1 aliphatic heterocycles. The number of hydrogen-bond acceptors (Lipinski definition) is 3. The normalized spacial score (nSPS) is 16.2. The van der Waals surface area contributed by atoms with Gasteiger partial charge in [-0.05, 0) is 79.1 Å². The van der Waals surface area contributed by atoms with Gasteiger partial charge in [0.05, 0.1) is 5.56 Å². The minimum atomic E-state index is -4.41. The molecular formula is C27H27F3N2OS. The zero-order chi connectivity index (χ0) is 24.5. The monoisotopic (exact) mass is 484 g/mol. The summed E-state index contributed by atoms with van der Waals surface area (Å²) in [4.78, 5) is 14.4. The lowest BCUT2D eigenvalue weighted by atomic mass is 9.95. The Bertz CT molecular complexity index is 1190. The molecule has 3 aromatic carbocycles. The van der Waals surface area contributed by atoms with Crippen molar-refractivity contribution in [1.29, 1.82) is 0 Å². The van der Waals surface area contributed by atoms with Gasteiger partial charge in [-0.15, -0.1) is 0 Å². The molecule has 1 amide bonds. The molecule has 1 N–H and O–H groups in total. The van der Waals surface area contributed by atoms with E-state index in [4.69, 9.17) is 0 Å². The van der Waals surface area contributed by atoms with Crippen LogP contribution in [0.2, 0.25) is 0 Å². The Morgan fingerprint density at radius 1 is 1.00 bits per heavy atom. The minimum Gasteiger partial charge on any atom is -0.351 e. The van der Waals surface area contributed by atoms with Crippen LogP contribution in [0.15, 0.2) is 65.6 Å². The summed E-state index contributed by atoms with van der Waals surface area (Å²) in [6.45, 7) is 6.86. The van der Waals surface area contributed by atoms with Gasteiger partial charge in [-0.3, -0.25) is 4.79 Å². The van der Waals surface area contributed by atoms with Gasteiger partial charge in [-0.25, -0.2) is 4.31 Å². The van der Waals surface area contributed by atoms with Crippen molar-refractivity contribution in [3.63, 3.8) is 0 Å². The molecule has 3 aromatic rings. The van der Waals surface area contributed by atoms with Crippen LogP contribution >= 0.6 is 11.9 Å². The summed E-state index contributed by atoms with van der Waals surface area (Å²) in [7, 11) is 0. The van der Waals surface area contributed by atoms with Crippen molar-refractivity contribution >= 4 is 17.9 Å². The van der Waals surface area contributed by atoms with Gasteiger partial charge in [0.1, 0.15) is 6.04 Å². The van der Waals surface area contributed by atoms with Gasteiger partial charge in [0.15, 0.2) is 0 Å². The number of rotatable bonds is 5. The van der Waals surface area contributed by atoms with Crippen molar-refractivity contribution in [2.75, 3.05) is 0 Å². The average molecular weight is 485 g/mol. The van der Waals surface area contributed by atoms with Crippen LogP contribution < -0.4 is 5.32 Å². The number of amides is 1. The molecule has 7 heteroatoms. The second-order valence-electron chi connectivity index (χ2n) is 8.80. The number of aryl methyl sites for hydroxylation is 3. The number of nitrogens with one attached hydrogen (secondary N) is 1. The van der Waals surface area contributed by atoms with Crippen molar-refractivity contribution in [2.45, 2.75) is 57.4 Å². The summed E-state index contributed by atoms with van der Waals surface area (Å²) in [5, 5.41) is 2.87. The van der Waals surface area contributed by atoms with E-state index in [0.29, 0.717) is 18.5 Å². The summed E-state index contributed by atoms with van der Waals surface area (Å²) in [6.07, 6.45) is -3.87. The van der Waals surface area contributed by atoms with E-state index in [-0.39, 0.29) is 12.5 Å². The van der Waals surface area contributed by atoms with E-state index in [9.17, 15) is 18.0 Å². The third-order valence-electron chi connectivity index (χ3n) is 6.04. The Morgan fingerprint density at radius 3 is 2.35 bits per heavy atom. The fourth-order valence-electron chi connectivity index (χ4n) is 4.41. The molecule has 0 aliphatic carbocycles. The second kappa shape index (κ2) is 9.84. The molecule has 1 aliphatic rings. The van der Waals surface area contributed by atoms with Crippen LogP contribution in [0.1, 0.15) is 38.9 Å². The quantitative estimate of drug-likeness (QED) is 0.427. The molecule has 0 spiro atoms. The number of carbonyl (C=O) groups excluding carboxylic acids is 1. The lowest BCUT2D eigenvalue weighted by Crippen LogP contribution is -2.47. The van der Waals surface area contributed by atoms with Crippen molar-refractivity contribution < 1.29 is 18.0 Å². The molecule has 1 heterocycles. The molecule has 3 nitrogen and oxygen atoms in total. The average Bonchev–Trinajstić information content (AvgIpc) is 2.79. The number of alkyl halides is 3. The van der Waals surface area contributed by atoms with Crippen LogP contribution in [0.4, 0.5) is 13.2 Å². The Morgan fingerprint density at radius 2 is 1.68 bits per heavy atom. The van der Waals surface area contributed by atoms with E-state index in [0.717, 1.165) is 33.7 Å². The van der Waals surface area contributed by atoms with Gasteiger partial charge < -0.3 is 5.32 Å².